The molecule has 0 amide bonds. The highest BCUT2D eigenvalue weighted by Crippen LogP contribution is 2.62. The second kappa shape index (κ2) is 5.95. The van der Waals surface area contributed by atoms with E-state index in [1.54, 1.807) is 0 Å². The molecule has 2 heteroatoms. The first-order valence-corrected chi connectivity index (χ1v) is 11.9. The van der Waals surface area contributed by atoms with E-state index in [9.17, 15) is 0 Å². The van der Waals surface area contributed by atoms with E-state index in [1.165, 1.54) is 46.9 Å². The summed E-state index contributed by atoms with van der Waals surface area (Å²) in [7, 11) is 0. The molecule has 0 saturated heterocycles. The minimum Gasteiger partial charge on any atom is -0.135 e. The second-order valence-corrected chi connectivity index (χ2v) is 11.9. The van der Waals surface area contributed by atoms with E-state index < -0.39 is 0 Å². The summed E-state index contributed by atoms with van der Waals surface area (Å²) in [6, 6.07) is 20.4. The Morgan fingerprint density at radius 1 is 0.690 bits per heavy atom. The highest BCUT2D eigenvalue weighted by molar-refractivity contribution is 9.10. The van der Waals surface area contributed by atoms with Gasteiger partial charge < -0.3 is 0 Å². The summed E-state index contributed by atoms with van der Waals surface area (Å²) < 4.78 is 3.93. The average molecular weight is 463 g/mol. The molecule has 0 saturated carbocycles. The van der Waals surface area contributed by atoms with Gasteiger partial charge >= 0.3 is 0 Å². The van der Waals surface area contributed by atoms with Gasteiger partial charge in [-0.2, -0.15) is 0 Å². The van der Waals surface area contributed by atoms with Crippen LogP contribution in [-0.2, 0) is 10.8 Å². The molecule has 0 aliphatic heterocycles. The number of fused-ring (bicyclic) bond motifs is 4. The van der Waals surface area contributed by atoms with E-state index in [0.717, 1.165) is 0 Å². The van der Waals surface area contributed by atoms with Gasteiger partial charge in [0.15, 0.2) is 0 Å². The predicted octanol–water partition coefficient (Wildman–Crippen LogP) is 9.08. The van der Waals surface area contributed by atoms with Crippen LogP contribution in [0.15, 0.2) is 59.1 Å². The lowest BCUT2D eigenvalue weighted by molar-refractivity contribution is 0.125. The van der Waals surface area contributed by atoms with Crippen molar-refractivity contribution < 1.29 is 0 Å². The van der Waals surface area contributed by atoms with Gasteiger partial charge in [0.2, 0.25) is 0 Å². The molecule has 1 aliphatic rings. The number of hydrogen-bond donors (Lipinski definition) is 0. The van der Waals surface area contributed by atoms with Crippen LogP contribution >= 0.6 is 27.3 Å². The molecule has 1 aliphatic carbocycles. The molecule has 0 unspecified atom stereocenters. The summed E-state index contributed by atoms with van der Waals surface area (Å²) in [5.74, 6) is 0. The molecule has 1 heterocycles. The number of benzene rings is 3. The maximum absolute atomic E-state index is 3.95. The fourth-order valence-corrected chi connectivity index (χ4v) is 7.02. The van der Waals surface area contributed by atoms with Crippen LogP contribution in [0.4, 0.5) is 0 Å². The van der Waals surface area contributed by atoms with Gasteiger partial charge in [0, 0.05) is 30.2 Å². The molecule has 0 atom stereocenters. The lowest BCUT2D eigenvalue weighted by Crippen LogP contribution is -2.42. The van der Waals surface area contributed by atoms with Crippen molar-refractivity contribution in [2.24, 2.45) is 5.41 Å². The molecule has 148 valence electrons. The molecule has 0 spiro atoms. The van der Waals surface area contributed by atoms with Crippen LogP contribution in [0.1, 0.15) is 52.7 Å². The van der Waals surface area contributed by atoms with Crippen LogP contribution in [0.5, 0.6) is 0 Å². The van der Waals surface area contributed by atoms with Crippen LogP contribution in [0.3, 0.4) is 0 Å². The van der Waals surface area contributed by atoms with E-state index in [-0.39, 0.29) is 16.2 Å². The third-order valence-corrected chi connectivity index (χ3v) is 10.1. The lowest BCUT2D eigenvalue weighted by atomic mass is 9.59. The molecule has 0 N–H and O–H groups in total. The zero-order valence-electron chi connectivity index (χ0n) is 18.0. The molecular weight excluding hydrogens is 436 g/mol. The largest absolute Gasteiger partial charge is 0.135 e. The predicted molar refractivity (Wildman–Crippen MR) is 132 cm³/mol. The standard InChI is InChI=1S/C27H27BrS/c1-25(2)20-14-19(22(28)15-21(20)26(3,4)27(25,5)6)18-12-9-11-17-16-10-7-8-13-23(16)29-24(17)18/h7-15H,1-6H3. The Bertz CT molecular complexity index is 1290. The zero-order chi connectivity index (χ0) is 20.8. The molecular formula is C27H27BrS. The number of halogens is 1. The SMILES string of the molecule is CC1(C)c2cc(Br)c(-c3cccc4c3sc3ccccc34)cc2C(C)(C)C1(C)C. The van der Waals surface area contributed by atoms with Crippen molar-refractivity contribution in [1.82, 2.24) is 0 Å². The van der Waals surface area contributed by atoms with E-state index in [4.69, 9.17) is 0 Å². The Labute approximate surface area is 186 Å². The van der Waals surface area contributed by atoms with Crippen molar-refractivity contribution in [2.45, 2.75) is 52.4 Å². The summed E-state index contributed by atoms with van der Waals surface area (Å²) >= 11 is 5.85. The molecule has 1 aromatic heterocycles. The van der Waals surface area contributed by atoms with Crippen LogP contribution in [0.2, 0.25) is 0 Å². The van der Waals surface area contributed by atoms with Gasteiger partial charge in [-0.15, -0.1) is 11.3 Å². The molecule has 29 heavy (non-hydrogen) atoms. The van der Waals surface area contributed by atoms with E-state index in [1.807, 2.05) is 11.3 Å². The van der Waals surface area contributed by atoms with E-state index >= 15 is 0 Å². The Balaban J connectivity index is 1.83. The van der Waals surface area contributed by atoms with Crippen molar-refractivity contribution in [2.75, 3.05) is 0 Å². The Morgan fingerprint density at radius 3 is 2.03 bits per heavy atom. The maximum Gasteiger partial charge on any atom is 0.0434 e. The van der Waals surface area contributed by atoms with Crippen molar-refractivity contribution >= 4 is 47.4 Å². The van der Waals surface area contributed by atoms with Gasteiger partial charge in [-0.3, -0.25) is 0 Å². The lowest BCUT2D eigenvalue weighted by Gasteiger charge is -2.44. The first-order chi connectivity index (χ1) is 13.6. The fraction of sp³-hybridized carbons (Fsp3) is 0.333. The third kappa shape index (κ3) is 2.36. The maximum atomic E-state index is 3.95. The second-order valence-electron chi connectivity index (χ2n) is 10.0. The Hall–Kier alpha value is -1.64. The first kappa shape index (κ1) is 19.3. The molecule has 0 nitrogen and oxygen atoms in total. The molecule has 3 aromatic carbocycles. The van der Waals surface area contributed by atoms with E-state index in [2.05, 4.69) is 112 Å². The van der Waals surface area contributed by atoms with Gasteiger partial charge in [0.25, 0.3) is 0 Å². The fourth-order valence-electron chi connectivity index (χ4n) is 5.23. The minimum absolute atomic E-state index is 0.106. The summed E-state index contributed by atoms with van der Waals surface area (Å²) in [4.78, 5) is 0. The number of thiophene rings is 1. The van der Waals surface area contributed by atoms with Crippen LogP contribution < -0.4 is 0 Å². The first-order valence-electron chi connectivity index (χ1n) is 10.3. The van der Waals surface area contributed by atoms with Crippen molar-refractivity contribution in [3.8, 4) is 11.1 Å². The molecule has 0 bridgehead atoms. The highest BCUT2D eigenvalue weighted by Gasteiger charge is 2.56. The minimum atomic E-state index is 0.106. The Kier molecular flexibility index (Phi) is 3.97. The quantitative estimate of drug-likeness (QED) is 0.264. The monoisotopic (exact) mass is 462 g/mol. The zero-order valence-corrected chi connectivity index (χ0v) is 20.4. The van der Waals surface area contributed by atoms with Gasteiger partial charge in [-0.05, 0) is 51.1 Å². The summed E-state index contributed by atoms with van der Waals surface area (Å²) in [6.45, 7) is 14.5. The topological polar surface area (TPSA) is 0 Å². The van der Waals surface area contributed by atoms with Crippen molar-refractivity contribution in [1.29, 1.82) is 0 Å². The highest BCUT2D eigenvalue weighted by atomic mass is 79.9. The molecule has 0 fully saturated rings. The van der Waals surface area contributed by atoms with E-state index in [0.29, 0.717) is 0 Å². The van der Waals surface area contributed by atoms with Gasteiger partial charge in [0.05, 0.1) is 0 Å². The summed E-state index contributed by atoms with van der Waals surface area (Å²) in [5.41, 5.74) is 6.00. The van der Waals surface area contributed by atoms with Gasteiger partial charge in [-0.25, -0.2) is 0 Å². The smallest absolute Gasteiger partial charge is 0.0434 e. The average Bonchev–Trinajstić information content (AvgIpc) is 3.09. The Morgan fingerprint density at radius 2 is 1.31 bits per heavy atom. The normalized spacial score (nSPS) is 19.0. The number of hydrogen-bond acceptors (Lipinski definition) is 1. The molecule has 5 rings (SSSR count). The van der Waals surface area contributed by atoms with Crippen LogP contribution in [-0.4, -0.2) is 0 Å². The molecule has 4 aromatic rings. The molecule has 0 radical (unpaired) electrons. The third-order valence-electron chi connectivity index (χ3n) is 8.27. The van der Waals surface area contributed by atoms with Gasteiger partial charge in [0.1, 0.15) is 0 Å². The van der Waals surface area contributed by atoms with Crippen LogP contribution in [0, 0.1) is 5.41 Å². The number of rotatable bonds is 1. The summed E-state index contributed by atoms with van der Waals surface area (Å²) in [5, 5.41) is 2.71. The van der Waals surface area contributed by atoms with Crippen molar-refractivity contribution in [3.05, 3.63) is 70.2 Å². The van der Waals surface area contributed by atoms with Gasteiger partial charge in [-0.1, -0.05) is 93.9 Å². The summed E-state index contributed by atoms with van der Waals surface area (Å²) in [6.07, 6.45) is 0. The van der Waals surface area contributed by atoms with Crippen LogP contribution in [0.25, 0.3) is 31.3 Å². The van der Waals surface area contributed by atoms with Crippen molar-refractivity contribution in [3.63, 3.8) is 0 Å².